The van der Waals surface area contributed by atoms with Crippen LogP contribution in [0.2, 0.25) is 0 Å². The normalized spacial score (nSPS) is 18.9. The number of rotatable bonds is 17. The van der Waals surface area contributed by atoms with E-state index in [1.54, 1.807) is 26.0 Å². The lowest BCUT2D eigenvalue weighted by Gasteiger charge is -2.31. The first-order valence-corrected chi connectivity index (χ1v) is 21.5. The standard InChI is InChI=1S/C42H45O10P2/c1-29(2)41(43)49-31(27-53(45)39-21-11-7-17-35(39)33-15-5-9-19-37(33)51-53)25-47-23-13-14-24-48-26-32(50-42(44)30(3)4)28-54(46)40-22-12-8-18-36(40)34-16-6-10-20-38(34)52-54/h5-12,15-22,31-32,45H,1,3,13-14,23-28H2,2,4H3/q+1. The first-order valence-electron chi connectivity index (χ1n) is 17.8. The van der Waals surface area contributed by atoms with Gasteiger partial charge in [0, 0.05) is 41.1 Å². The van der Waals surface area contributed by atoms with E-state index in [0.29, 0.717) is 48.2 Å². The second kappa shape index (κ2) is 17.3. The van der Waals surface area contributed by atoms with Gasteiger partial charge in [-0.05, 0) is 56.5 Å². The number of esters is 2. The number of fused-ring (bicyclic) bond motifs is 6. The van der Waals surface area contributed by atoms with Gasteiger partial charge in [-0.15, -0.1) is 0 Å². The van der Waals surface area contributed by atoms with E-state index in [2.05, 4.69) is 13.2 Å². The Morgan fingerprint density at radius 3 is 1.85 bits per heavy atom. The number of hydrogen-bond acceptors (Lipinski definition) is 10. The van der Waals surface area contributed by atoms with Crippen molar-refractivity contribution in [2.24, 2.45) is 0 Å². The minimum Gasteiger partial charge on any atom is -0.456 e. The molecule has 0 bridgehead atoms. The molecule has 10 nitrogen and oxygen atoms in total. The van der Waals surface area contributed by atoms with E-state index in [1.165, 1.54) is 0 Å². The number of benzene rings is 4. The summed E-state index contributed by atoms with van der Waals surface area (Å²) in [5.74, 6) is -0.0951. The number of carbonyl (C=O) groups excluding carboxylic acids is 2. The van der Waals surface area contributed by atoms with Crippen LogP contribution in [-0.2, 0) is 33.1 Å². The summed E-state index contributed by atoms with van der Waals surface area (Å²) < 4.78 is 50.2. The predicted molar refractivity (Wildman–Crippen MR) is 211 cm³/mol. The molecule has 54 heavy (non-hydrogen) atoms. The lowest BCUT2D eigenvalue weighted by atomic mass is 10.0. The van der Waals surface area contributed by atoms with Crippen LogP contribution < -0.4 is 19.7 Å². The maximum Gasteiger partial charge on any atom is 0.353 e. The van der Waals surface area contributed by atoms with Gasteiger partial charge < -0.3 is 28.0 Å². The van der Waals surface area contributed by atoms with Gasteiger partial charge in [0.1, 0.15) is 11.9 Å². The zero-order chi connectivity index (χ0) is 38.3. The molecule has 4 aromatic rings. The van der Waals surface area contributed by atoms with E-state index in [0.717, 1.165) is 22.3 Å². The molecule has 2 aliphatic heterocycles. The third kappa shape index (κ3) is 9.03. The molecular weight excluding hydrogens is 726 g/mol. The zero-order valence-electron chi connectivity index (χ0n) is 30.5. The van der Waals surface area contributed by atoms with Crippen molar-refractivity contribution in [3.63, 3.8) is 0 Å². The smallest absolute Gasteiger partial charge is 0.353 e. The Hall–Kier alpha value is -4.56. The summed E-state index contributed by atoms with van der Waals surface area (Å²) in [5, 5.41) is 1.25. The molecule has 4 atom stereocenters. The summed E-state index contributed by atoms with van der Waals surface area (Å²) in [6, 6.07) is 29.9. The van der Waals surface area contributed by atoms with Gasteiger partial charge >= 0.3 is 19.7 Å². The van der Waals surface area contributed by atoms with Gasteiger partial charge in [-0.3, -0.25) is 4.57 Å². The lowest BCUT2D eigenvalue weighted by Crippen LogP contribution is -2.34. The third-order valence-electron chi connectivity index (χ3n) is 8.98. The van der Waals surface area contributed by atoms with Crippen LogP contribution in [0.1, 0.15) is 26.7 Å². The highest BCUT2D eigenvalue weighted by atomic mass is 31.2. The topological polar surface area (TPSA) is 127 Å². The largest absolute Gasteiger partial charge is 0.456 e. The summed E-state index contributed by atoms with van der Waals surface area (Å²) >= 11 is 0. The molecule has 0 aromatic heterocycles. The fraction of sp³-hybridized carbons (Fsp3) is 0.286. The van der Waals surface area contributed by atoms with Crippen LogP contribution in [0.25, 0.3) is 22.3 Å². The Balaban J connectivity index is 1.03. The van der Waals surface area contributed by atoms with E-state index in [-0.39, 0.29) is 36.7 Å². The van der Waals surface area contributed by atoms with E-state index in [1.807, 2.05) is 84.9 Å². The molecule has 4 aromatic carbocycles. The van der Waals surface area contributed by atoms with Crippen molar-refractivity contribution in [3.8, 4) is 33.8 Å². The molecule has 2 heterocycles. The highest BCUT2D eigenvalue weighted by Gasteiger charge is 2.51. The maximum atomic E-state index is 14.4. The van der Waals surface area contributed by atoms with E-state index in [4.69, 9.17) is 28.0 Å². The molecule has 6 rings (SSSR count). The molecule has 282 valence electrons. The van der Waals surface area contributed by atoms with E-state index < -0.39 is 39.2 Å². The molecule has 2 aliphatic rings. The van der Waals surface area contributed by atoms with Crippen molar-refractivity contribution in [1.82, 2.24) is 0 Å². The van der Waals surface area contributed by atoms with Crippen molar-refractivity contribution < 1.29 is 47.0 Å². The molecule has 0 aliphatic carbocycles. The predicted octanol–water partition coefficient (Wildman–Crippen LogP) is 7.66. The molecule has 4 unspecified atom stereocenters. The Morgan fingerprint density at radius 2 is 1.20 bits per heavy atom. The molecule has 12 heteroatoms. The Bertz CT molecular complexity index is 2080. The fourth-order valence-electron chi connectivity index (χ4n) is 6.37. The number of carbonyl (C=O) groups is 2. The lowest BCUT2D eigenvalue weighted by molar-refractivity contribution is -0.147. The van der Waals surface area contributed by atoms with Crippen LogP contribution in [0.3, 0.4) is 0 Å². The van der Waals surface area contributed by atoms with Crippen molar-refractivity contribution in [2.45, 2.75) is 38.9 Å². The van der Waals surface area contributed by atoms with Crippen molar-refractivity contribution >= 4 is 37.6 Å². The van der Waals surface area contributed by atoms with Crippen LogP contribution in [0.15, 0.2) is 121 Å². The quantitative estimate of drug-likeness (QED) is 0.0495. The van der Waals surface area contributed by atoms with Gasteiger partial charge in [0.2, 0.25) is 0 Å². The van der Waals surface area contributed by atoms with Crippen molar-refractivity contribution in [3.05, 3.63) is 121 Å². The van der Waals surface area contributed by atoms with Gasteiger partial charge in [-0.2, -0.15) is 0 Å². The Kier molecular flexibility index (Phi) is 12.5. The maximum absolute atomic E-state index is 14.4. The summed E-state index contributed by atoms with van der Waals surface area (Å²) in [4.78, 5) is 37.2. The second-order valence-electron chi connectivity index (χ2n) is 13.4. The van der Waals surface area contributed by atoms with Crippen LogP contribution in [0, 0.1) is 0 Å². The first-order chi connectivity index (χ1) is 26.0. The van der Waals surface area contributed by atoms with E-state index in [9.17, 15) is 19.0 Å². The zero-order valence-corrected chi connectivity index (χ0v) is 32.3. The Morgan fingerprint density at radius 1 is 0.704 bits per heavy atom. The summed E-state index contributed by atoms with van der Waals surface area (Å²) in [6.07, 6.45) is -0.478. The summed E-state index contributed by atoms with van der Waals surface area (Å²) in [6.45, 7) is 11.2. The Labute approximate surface area is 316 Å². The van der Waals surface area contributed by atoms with Crippen molar-refractivity contribution in [2.75, 3.05) is 38.8 Å². The molecular formula is C42H45O10P2+. The summed E-state index contributed by atoms with van der Waals surface area (Å²) in [5.41, 5.74) is 3.90. The fourth-order valence-corrected chi connectivity index (χ4v) is 11.3. The minimum atomic E-state index is -3.50. The van der Waals surface area contributed by atoms with Gasteiger partial charge in [0.25, 0.3) is 7.37 Å². The van der Waals surface area contributed by atoms with E-state index >= 15 is 0 Å². The third-order valence-corrected chi connectivity index (χ3v) is 14.0. The number of para-hydroxylation sites is 2. The molecule has 0 spiro atoms. The highest BCUT2D eigenvalue weighted by molar-refractivity contribution is 7.74. The van der Waals surface area contributed by atoms with Crippen LogP contribution in [-0.4, -0.2) is 67.8 Å². The molecule has 0 saturated heterocycles. The number of unbranched alkanes of at least 4 members (excludes halogenated alkanes) is 1. The molecule has 0 saturated carbocycles. The van der Waals surface area contributed by atoms with Crippen LogP contribution in [0.4, 0.5) is 0 Å². The van der Waals surface area contributed by atoms with Crippen LogP contribution in [0.5, 0.6) is 11.5 Å². The molecule has 0 amide bonds. The number of hydrogen-bond donors (Lipinski definition) is 1. The average molecular weight is 772 g/mol. The van der Waals surface area contributed by atoms with Gasteiger partial charge in [-0.25, -0.2) is 14.5 Å². The SMILES string of the molecule is C=C(C)C(=O)OC(COCCCCOCC(C[P+]1(O)Oc2ccccc2-c2ccccc21)OC(=O)C(=C)C)CP1(=O)Oc2ccccc2-c2ccccc21. The van der Waals surface area contributed by atoms with Gasteiger partial charge in [0.05, 0.1) is 24.7 Å². The van der Waals surface area contributed by atoms with Crippen LogP contribution >= 0.6 is 15.1 Å². The summed E-state index contributed by atoms with van der Waals surface area (Å²) in [7, 11) is -6.75. The van der Waals surface area contributed by atoms with Gasteiger partial charge in [-0.1, -0.05) is 86.0 Å². The average Bonchev–Trinajstić information content (AvgIpc) is 3.15. The molecule has 0 radical (unpaired) electrons. The number of ether oxygens (including phenoxy) is 4. The monoisotopic (exact) mass is 771 g/mol. The van der Waals surface area contributed by atoms with Gasteiger partial charge in [0.15, 0.2) is 23.3 Å². The first kappa shape index (κ1) is 39.1. The molecule has 1 N–H and O–H groups in total. The molecule has 0 fully saturated rings. The highest BCUT2D eigenvalue weighted by Crippen LogP contribution is 2.61. The minimum absolute atomic E-state index is 0.00284. The second-order valence-corrected chi connectivity index (χ2v) is 18.2. The van der Waals surface area contributed by atoms with Crippen molar-refractivity contribution in [1.29, 1.82) is 0 Å².